The molecule has 0 aromatic heterocycles. The third-order valence-electron chi connectivity index (χ3n) is 6.93. The Morgan fingerprint density at radius 3 is 2.26 bits per heavy atom. The first-order chi connectivity index (χ1) is 16.5. The third kappa shape index (κ3) is 5.22. The molecule has 0 saturated heterocycles. The second-order valence-corrected chi connectivity index (χ2v) is 9.02. The lowest BCUT2D eigenvalue weighted by Gasteiger charge is -2.39. The number of nitrogens with one attached hydrogen (secondary N) is 2. The lowest BCUT2D eigenvalue weighted by molar-refractivity contribution is -0.144. The van der Waals surface area contributed by atoms with Crippen molar-refractivity contribution in [2.45, 2.75) is 38.1 Å². The van der Waals surface area contributed by atoms with Crippen molar-refractivity contribution in [1.29, 1.82) is 0 Å². The van der Waals surface area contributed by atoms with Crippen LogP contribution in [0.4, 0.5) is 16.2 Å². The Labute approximate surface area is 199 Å². The summed E-state index contributed by atoms with van der Waals surface area (Å²) in [6, 6.07) is 13.9. The van der Waals surface area contributed by atoms with Crippen molar-refractivity contribution >= 4 is 29.3 Å². The number of hydrogen-bond acceptors (Lipinski definition) is 5. The summed E-state index contributed by atoms with van der Waals surface area (Å²) in [6.07, 6.45) is 3.73. The number of ether oxygens (including phenoxy) is 1. The monoisotopic (exact) mass is 464 g/mol. The zero-order valence-electron chi connectivity index (χ0n) is 19.5. The fourth-order valence-electron chi connectivity index (χ4n) is 4.98. The Morgan fingerprint density at radius 1 is 0.971 bits per heavy atom. The summed E-state index contributed by atoms with van der Waals surface area (Å²) in [5.41, 5.74) is 8.92. The summed E-state index contributed by atoms with van der Waals surface area (Å²) in [5.74, 6) is 0.237. The van der Waals surface area contributed by atoms with Gasteiger partial charge in [0, 0.05) is 23.8 Å². The minimum atomic E-state index is -0.683. The van der Waals surface area contributed by atoms with Crippen molar-refractivity contribution in [3.63, 3.8) is 0 Å². The van der Waals surface area contributed by atoms with Gasteiger partial charge < -0.3 is 20.7 Å². The molecule has 0 radical (unpaired) electrons. The molecular weight excluding hydrogens is 432 g/mol. The van der Waals surface area contributed by atoms with E-state index in [0.717, 1.165) is 43.2 Å². The van der Waals surface area contributed by atoms with Gasteiger partial charge in [-0.25, -0.2) is 4.79 Å². The molecule has 34 heavy (non-hydrogen) atoms. The molecule has 4 rings (SSSR count). The first-order valence-electron chi connectivity index (χ1n) is 11.8. The van der Waals surface area contributed by atoms with E-state index in [-0.39, 0.29) is 17.7 Å². The van der Waals surface area contributed by atoms with Gasteiger partial charge in [0.2, 0.25) is 5.91 Å². The minimum absolute atomic E-state index is 0.0581. The second-order valence-electron chi connectivity index (χ2n) is 9.02. The van der Waals surface area contributed by atoms with Gasteiger partial charge in [-0.15, -0.1) is 0 Å². The number of benzene rings is 2. The van der Waals surface area contributed by atoms with Gasteiger partial charge in [-0.2, -0.15) is 0 Å². The second kappa shape index (κ2) is 10.7. The number of rotatable bonds is 5. The van der Waals surface area contributed by atoms with Crippen LogP contribution >= 0.6 is 0 Å². The lowest BCUT2D eigenvalue weighted by atomic mass is 9.80. The quantitative estimate of drug-likeness (QED) is 0.624. The molecule has 4 N–H and O–H groups in total. The molecule has 2 aromatic carbocycles. The summed E-state index contributed by atoms with van der Waals surface area (Å²) in [5, 5.41) is 5.54. The first-order valence-corrected chi connectivity index (χ1v) is 11.8. The van der Waals surface area contributed by atoms with Crippen LogP contribution in [-0.4, -0.2) is 43.0 Å². The van der Waals surface area contributed by atoms with Crippen LogP contribution in [0.5, 0.6) is 0 Å². The highest BCUT2D eigenvalue weighted by molar-refractivity contribution is 5.99. The number of fused-ring (bicyclic) bond motifs is 1. The van der Waals surface area contributed by atoms with Crippen LogP contribution in [-0.2, 0) is 20.7 Å². The SMILES string of the molecule is COC(=O)Nc1ccc(NC(=O)C2c3ccccc3CCN2C(=O)C2CCC(CN)CC2)cc1. The van der Waals surface area contributed by atoms with Crippen molar-refractivity contribution in [2.75, 3.05) is 30.8 Å². The fourth-order valence-corrected chi connectivity index (χ4v) is 4.98. The van der Waals surface area contributed by atoms with E-state index < -0.39 is 12.1 Å². The van der Waals surface area contributed by atoms with Crippen LogP contribution in [0.1, 0.15) is 42.9 Å². The molecule has 1 unspecified atom stereocenters. The molecule has 0 bridgehead atoms. The van der Waals surface area contributed by atoms with Gasteiger partial charge in [0.15, 0.2) is 0 Å². The Kier molecular flexibility index (Phi) is 7.47. The maximum Gasteiger partial charge on any atom is 0.411 e. The van der Waals surface area contributed by atoms with Crippen molar-refractivity contribution in [1.82, 2.24) is 4.90 Å². The van der Waals surface area contributed by atoms with Crippen LogP contribution in [0.2, 0.25) is 0 Å². The van der Waals surface area contributed by atoms with Crippen LogP contribution in [0.3, 0.4) is 0 Å². The highest BCUT2D eigenvalue weighted by Crippen LogP contribution is 2.36. The summed E-state index contributed by atoms with van der Waals surface area (Å²) in [7, 11) is 1.29. The van der Waals surface area contributed by atoms with E-state index in [2.05, 4.69) is 15.4 Å². The van der Waals surface area contributed by atoms with Crippen LogP contribution < -0.4 is 16.4 Å². The Bertz CT molecular complexity index is 1030. The average Bonchev–Trinajstić information content (AvgIpc) is 2.88. The molecule has 2 aromatic rings. The zero-order valence-corrected chi connectivity index (χ0v) is 19.5. The van der Waals surface area contributed by atoms with E-state index in [0.29, 0.717) is 30.4 Å². The van der Waals surface area contributed by atoms with E-state index in [9.17, 15) is 14.4 Å². The van der Waals surface area contributed by atoms with Crippen molar-refractivity contribution < 1.29 is 19.1 Å². The molecule has 1 aliphatic heterocycles. The molecular formula is C26H32N4O4. The first kappa shape index (κ1) is 23.8. The van der Waals surface area contributed by atoms with Gasteiger partial charge in [-0.05, 0) is 80.0 Å². The number of anilines is 2. The van der Waals surface area contributed by atoms with Gasteiger partial charge in [-0.1, -0.05) is 24.3 Å². The standard InChI is InChI=1S/C26H32N4O4/c1-34-26(33)29-21-12-10-20(11-13-21)28-24(31)23-22-5-3-2-4-18(22)14-15-30(23)25(32)19-8-6-17(16-27)7-9-19/h2-5,10-13,17,19,23H,6-9,14-16,27H2,1H3,(H,28,31)(H,29,33). The Hall–Kier alpha value is -3.39. The summed E-state index contributed by atoms with van der Waals surface area (Å²) in [6.45, 7) is 1.18. The summed E-state index contributed by atoms with van der Waals surface area (Å²) >= 11 is 0. The van der Waals surface area contributed by atoms with E-state index in [4.69, 9.17) is 5.73 Å². The highest BCUT2D eigenvalue weighted by atomic mass is 16.5. The summed E-state index contributed by atoms with van der Waals surface area (Å²) < 4.78 is 4.59. The highest BCUT2D eigenvalue weighted by Gasteiger charge is 2.39. The van der Waals surface area contributed by atoms with Crippen molar-refractivity contribution in [2.24, 2.45) is 17.6 Å². The third-order valence-corrected chi connectivity index (χ3v) is 6.93. The maximum atomic E-state index is 13.6. The van der Waals surface area contributed by atoms with Crippen LogP contribution in [0.25, 0.3) is 0 Å². The fraction of sp³-hybridized carbons (Fsp3) is 0.423. The van der Waals surface area contributed by atoms with Crippen LogP contribution in [0, 0.1) is 11.8 Å². The van der Waals surface area contributed by atoms with Gasteiger partial charge in [0.1, 0.15) is 6.04 Å². The number of nitrogens with zero attached hydrogens (tertiary/aromatic N) is 1. The molecule has 2 aliphatic rings. The lowest BCUT2D eigenvalue weighted by Crippen LogP contribution is -2.48. The van der Waals surface area contributed by atoms with E-state index in [1.807, 2.05) is 24.3 Å². The molecule has 8 heteroatoms. The Balaban J connectivity index is 1.53. The number of carbonyl (C=O) groups is 3. The van der Waals surface area contributed by atoms with Gasteiger partial charge in [0.05, 0.1) is 7.11 Å². The predicted molar refractivity (Wildman–Crippen MR) is 130 cm³/mol. The molecule has 1 atom stereocenters. The normalized spacial score (nSPS) is 21.8. The van der Waals surface area contributed by atoms with Gasteiger partial charge in [0.25, 0.3) is 5.91 Å². The van der Waals surface area contributed by atoms with E-state index in [1.165, 1.54) is 7.11 Å². The number of hydrogen-bond donors (Lipinski definition) is 3. The molecule has 0 spiro atoms. The minimum Gasteiger partial charge on any atom is -0.453 e. The maximum absolute atomic E-state index is 13.6. The van der Waals surface area contributed by atoms with E-state index in [1.54, 1.807) is 29.2 Å². The number of carbonyl (C=O) groups excluding carboxylic acids is 3. The van der Waals surface area contributed by atoms with Crippen LogP contribution in [0.15, 0.2) is 48.5 Å². The molecule has 8 nitrogen and oxygen atoms in total. The number of methoxy groups -OCH3 is 1. The van der Waals surface area contributed by atoms with Gasteiger partial charge >= 0.3 is 6.09 Å². The summed E-state index contributed by atoms with van der Waals surface area (Å²) in [4.78, 5) is 40.2. The topological polar surface area (TPSA) is 114 Å². The zero-order chi connectivity index (χ0) is 24.1. The number of amides is 3. The molecule has 1 heterocycles. The smallest absolute Gasteiger partial charge is 0.411 e. The van der Waals surface area contributed by atoms with E-state index >= 15 is 0 Å². The number of nitrogens with two attached hydrogens (primary N) is 1. The largest absolute Gasteiger partial charge is 0.453 e. The van der Waals surface area contributed by atoms with Crippen molar-refractivity contribution in [3.8, 4) is 0 Å². The van der Waals surface area contributed by atoms with Gasteiger partial charge in [-0.3, -0.25) is 14.9 Å². The molecule has 1 fully saturated rings. The van der Waals surface area contributed by atoms with Crippen molar-refractivity contribution in [3.05, 3.63) is 59.7 Å². The molecule has 3 amide bonds. The molecule has 1 aliphatic carbocycles. The average molecular weight is 465 g/mol. The Morgan fingerprint density at radius 2 is 1.62 bits per heavy atom. The predicted octanol–water partition coefficient (Wildman–Crippen LogP) is 3.69. The molecule has 1 saturated carbocycles. The molecule has 180 valence electrons.